The van der Waals surface area contributed by atoms with Crippen LogP contribution in [0.5, 0.6) is 0 Å². The van der Waals surface area contributed by atoms with Crippen LogP contribution < -0.4 is 0 Å². The number of allylic oxidation sites excluding steroid dienone is 3. The second kappa shape index (κ2) is 7.20. The highest BCUT2D eigenvalue weighted by molar-refractivity contribution is 6.29. The first-order valence-electron chi connectivity index (χ1n) is 5.56. The Hall–Kier alpha value is -1.19. The summed E-state index contributed by atoms with van der Waals surface area (Å²) in [6.07, 6.45) is 8.48. The lowest BCUT2D eigenvalue weighted by Crippen LogP contribution is -2.09. The van der Waals surface area contributed by atoms with E-state index >= 15 is 0 Å². The van der Waals surface area contributed by atoms with Gasteiger partial charge in [0.1, 0.15) is 11.5 Å². The van der Waals surface area contributed by atoms with Crippen LogP contribution in [0.25, 0.3) is 5.57 Å². The molecular weight excluding hydrogens is 236 g/mol. The minimum absolute atomic E-state index is 0.0394. The summed E-state index contributed by atoms with van der Waals surface area (Å²) in [5.74, 6) is 0. The maximum Gasteiger partial charge on any atom is 0.133 e. The molecule has 1 atom stereocenters. The number of aromatic nitrogens is 2. The molecule has 0 spiro atoms. The fourth-order valence-corrected chi connectivity index (χ4v) is 1.50. The number of nitrogens with zero attached hydrogens (tertiary/aromatic N) is 2. The van der Waals surface area contributed by atoms with Crippen molar-refractivity contribution in [2.24, 2.45) is 0 Å². The number of ether oxygens (including phenoxy) is 1. The lowest BCUT2D eigenvalue weighted by Gasteiger charge is -2.13. The molecule has 0 saturated carbocycles. The van der Waals surface area contributed by atoms with Crippen LogP contribution >= 0.6 is 11.6 Å². The molecule has 0 aliphatic rings. The van der Waals surface area contributed by atoms with E-state index < -0.39 is 0 Å². The summed E-state index contributed by atoms with van der Waals surface area (Å²) in [6, 6.07) is 1.74. The van der Waals surface area contributed by atoms with Gasteiger partial charge in [-0.1, -0.05) is 36.8 Å². The summed E-state index contributed by atoms with van der Waals surface area (Å²) < 4.78 is 5.33. The molecule has 0 amide bonds. The quantitative estimate of drug-likeness (QED) is 0.594. The van der Waals surface area contributed by atoms with Crippen LogP contribution in [0.2, 0.25) is 5.15 Å². The summed E-state index contributed by atoms with van der Waals surface area (Å²) >= 11 is 5.86. The molecule has 1 unspecified atom stereocenters. The van der Waals surface area contributed by atoms with Crippen molar-refractivity contribution in [1.29, 1.82) is 0 Å². The van der Waals surface area contributed by atoms with Crippen LogP contribution in [0.4, 0.5) is 0 Å². The molecule has 0 N–H and O–H groups in total. The van der Waals surface area contributed by atoms with Gasteiger partial charge in [-0.3, -0.25) is 0 Å². The third-order valence-electron chi connectivity index (χ3n) is 2.37. The normalized spacial score (nSPS) is 14.2. The van der Waals surface area contributed by atoms with Crippen molar-refractivity contribution in [3.63, 3.8) is 0 Å². The van der Waals surface area contributed by atoms with Crippen LogP contribution in [-0.2, 0) is 4.74 Å². The Morgan fingerprint density at radius 1 is 1.53 bits per heavy atom. The van der Waals surface area contributed by atoms with Crippen LogP contribution in [0.1, 0.15) is 26.0 Å². The summed E-state index contributed by atoms with van der Waals surface area (Å²) in [7, 11) is 1.67. The van der Waals surface area contributed by atoms with Gasteiger partial charge >= 0.3 is 0 Å². The Bertz CT molecular complexity index is 416. The van der Waals surface area contributed by atoms with Crippen molar-refractivity contribution in [1.82, 2.24) is 9.97 Å². The largest absolute Gasteiger partial charge is 0.377 e. The van der Waals surface area contributed by atoms with E-state index in [-0.39, 0.29) is 6.10 Å². The highest BCUT2D eigenvalue weighted by atomic mass is 35.5. The maximum atomic E-state index is 5.86. The van der Waals surface area contributed by atoms with Crippen LogP contribution in [0.15, 0.2) is 30.6 Å². The van der Waals surface area contributed by atoms with Gasteiger partial charge < -0.3 is 4.74 Å². The van der Waals surface area contributed by atoms with Crippen molar-refractivity contribution in [2.45, 2.75) is 26.4 Å². The number of hydrogen-bond acceptors (Lipinski definition) is 3. The molecule has 1 aromatic heterocycles. The average Bonchev–Trinajstić information content (AvgIpc) is 2.34. The maximum absolute atomic E-state index is 5.86. The molecule has 1 rings (SSSR count). The summed E-state index contributed by atoms with van der Waals surface area (Å²) in [5, 5.41) is 0.434. The van der Waals surface area contributed by atoms with Crippen LogP contribution in [-0.4, -0.2) is 23.2 Å². The predicted octanol–water partition coefficient (Wildman–Crippen LogP) is 3.51. The monoisotopic (exact) mass is 252 g/mol. The molecule has 4 heteroatoms. The van der Waals surface area contributed by atoms with Crippen molar-refractivity contribution in [3.05, 3.63) is 41.5 Å². The molecule has 0 aliphatic carbocycles. The van der Waals surface area contributed by atoms with E-state index in [9.17, 15) is 0 Å². The molecule has 0 fully saturated rings. The van der Waals surface area contributed by atoms with Crippen LogP contribution in [0, 0.1) is 0 Å². The van der Waals surface area contributed by atoms with Crippen molar-refractivity contribution >= 4 is 17.2 Å². The fraction of sp³-hybridized carbons (Fsp3) is 0.385. The van der Waals surface area contributed by atoms with E-state index in [1.165, 1.54) is 6.33 Å². The van der Waals surface area contributed by atoms with Crippen molar-refractivity contribution < 1.29 is 4.74 Å². The highest BCUT2D eigenvalue weighted by Gasteiger charge is 2.11. The number of rotatable bonds is 5. The molecule has 1 aromatic rings. The average molecular weight is 253 g/mol. The van der Waals surface area contributed by atoms with E-state index in [2.05, 4.69) is 23.0 Å². The van der Waals surface area contributed by atoms with Gasteiger partial charge in [0, 0.05) is 18.7 Å². The van der Waals surface area contributed by atoms with E-state index in [1.54, 1.807) is 13.2 Å². The third kappa shape index (κ3) is 4.29. The fourth-order valence-electron chi connectivity index (χ4n) is 1.36. The van der Waals surface area contributed by atoms with Gasteiger partial charge in [-0.2, -0.15) is 0 Å². The first kappa shape index (κ1) is 13.9. The SMILES string of the molecule is CC/C=C\C=C(\c1cc(Cl)ncn1)C(C)OC. The summed E-state index contributed by atoms with van der Waals surface area (Å²) in [5.41, 5.74) is 1.78. The van der Waals surface area contributed by atoms with E-state index in [4.69, 9.17) is 16.3 Å². The Balaban J connectivity index is 3.06. The molecule has 3 nitrogen and oxygen atoms in total. The second-order valence-corrected chi connectivity index (χ2v) is 3.95. The van der Waals surface area contributed by atoms with E-state index in [0.717, 1.165) is 17.7 Å². The van der Waals surface area contributed by atoms with Crippen molar-refractivity contribution in [2.75, 3.05) is 7.11 Å². The second-order valence-electron chi connectivity index (χ2n) is 3.56. The Labute approximate surface area is 107 Å². The Morgan fingerprint density at radius 3 is 2.88 bits per heavy atom. The summed E-state index contributed by atoms with van der Waals surface area (Å²) in [6.45, 7) is 4.06. The van der Waals surface area contributed by atoms with Gasteiger partial charge in [0.2, 0.25) is 0 Å². The molecule has 0 aromatic carbocycles. The third-order valence-corrected chi connectivity index (χ3v) is 2.58. The van der Waals surface area contributed by atoms with Crippen LogP contribution in [0.3, 0.4) is 0 Å². The smallest absolute Gasteiger partial charge is 0.133 e. The molecule has 17 heavy (non-hydrogen) atoms. The lowest BCUT2D eigenvalue weighted by molar-refractivity contribution is 0.163. The zero-order valence-electron chi connectivity index (χ0n) is 10.4. The Morgan fingerprint density at radius 2 is 2.29 bits per heavy atom. The number of hydrogen-bond donors (Lipinski definition) is 0. The van der Waals surface area contributed by atoms with Gasteiger partial charge in [0.05, 0.1) is 11.8 Å². The molecule has 1 heterocycles. The predicted molar refractivity (Wildman–Crippen MR) is 70.9 cm³/mol. The zero-order valence-corrected chi connectivity index (χ0v) is 11.1. The van der Waals surface area contributed by atoms with Gasteiger partial charge in [0.25, 0.3) is 0 Å². The molecule has 0 saturated heterocycles. The molecule has 0 radical (unpaired) electrons. The minimum Gasteiger partial charge on any atom is -0.377 e. The van der Waals surface area contributed by atoms with Gasteiger partial charge in [-0.15, -0.1) is 0 Å². The number of methoxy groups -OCH3 is 1. The lowest BCUT2D eigenvalue weighted by atomic mass is 10.1. The highest BCUT2D eigenvalue weighted by Crippen LogP contribution is 2.20. The van der Waals surface area contributed by atoms with Gasteiger partial charge in [-0.25, -0.2) is 9.97 Å². The minimum atomic E-state index is -0.0394. The van der Waals surface area contributed by atoms with Gasteiger partial charge in [-0.05, 0) is 13.3 Å². The molecular formula is C13H17ClN2O. The zero-order chi connectivity index (χ0) is 12.7. The molecule has 92 valence electrons. The number of halogens is 1. The standard InChI is InChI=1S/C13H17ClN2O/c1-4-5-6-7-11(10(2)17-3)12-8-13(14)16-9-15-12/h5-10H,4H2,1-3H3/b6-5-,11-7+. The topological polar surface area (TPSA) is 35.0 Å². The van der Waals surface area contributed by atoms with Crippen molar-refractivity contribution in [3.8, 4) is 0 Å². The van der Waals surface area contributed by atoms with Gasteiger partial charge in [0.15, 0.2) is 0 Å². The first-order valence-corrected chi connectivity index (χ1v) is 5.94. The summed E-state index contributed by atoms with van der Waals surface area (Å²) in [4.78, 5) is 8.08. The Kier molecular flexibility index (Phi) is 5.87. The first-order chi connectivity index (χ1) is 8.19. The molecule has 0 bridgehead atoms. The van der Waals surface area contributed by atoms with E-state index in [0.29, 0.717) is 5.15 Å². The van der Waals surface area contributed by atoms with E-state index in [1.807, 2.05) is 19.1 Å². The molecule has 0 aliphatic heterocycles.